The number of nitrogens with zero attached hydrogens (tertiary/aromatic N) is 3. The van der Waals surface area contributed by atoms with Gasteiger partial charge < -0.3 is 14.6 Å². The molecular weight excluding hydrogens is 352 g/mol. The maximum Gasteiger partial charge on any atom is 0.257 e. The average molecular weight is 375 g/mol. The van der Waals surface area contributed by atoms with Gasteiger partial charge in [-0.25, -0.2) is 4.68 Å². The molecule has 2 aromatic heterocycles. The Labute approximate surface area is 159 Å². The van der Waals surface area contributed by atoms with Gasteiger partial charge in [0, 0.05) is 26.3 Å². The van der Waals surface area contributed by atoms with E-state index in [4.69, 9.17) is 4.42 Å². The molecule has 1 aromatic carbocycles. The maximum absolute atomic E-state index is 12.9. The summed E-state index contributed by atoms with van der Waals surface area (Å²) in [5.41, 5.74) is 1.97. The first-order chi connectivity index (χ1) is 12.1. The summed E-state index contributed by atoms with van der Waals surface area (Å²) in [6, 6.07) is 13.4. The zero-order chi connectivity index (χ0) is 17.8. The van der Waals surface area contributed by atoms with E-state index in [1.165, 1.54) is 0 Å². The van der Waals surface area contributed by atoms with Crippen molar-refractivity contribution in [2.45, 2.75) is 6.92 Å². The summed E-state index contributed by atoms with van der Waals surface area (Å²) < 4.78 is 7.43. The van der Waals surface area contributed by atoms with Crippen LogP contribution in [0.2, 0.25) is 0 Å². The van der Waals surface area contributed by atoms with Gasteiger partial charge in [0.25, 0.3) is 5.91 Å². The van der Waals surface area contributed by atoms with Gasteiger partial charge >= 0.3 is 0 Å². The normalized spacial score (nSPS) is 10.4. The summed E-state index contributed by atoms with van der Waals surface area (Å²) in [6.07, 6.45) is 1.76. The Bertz CT molecular complexity index is 858. The third-order valence-corrected chi connectivity index (χ3v) is 3.98. The van der Waals surface area contributed by atoms with Crippen LogP contribution in [0, 0.1) is 6.92 Å². The van der Waals surface area contributed by atoms with E-state index in [0.717, 1.165) is 18.0 Å². The lowest BCUT2D eigenvalue weighted by Crippen LogP contribution is -2.32. The smallest absolute Gasteiger partial charge is 0.257 e. The predicted octanol–water partition coefficient (Wildman–Crippen LogP) is 3.15. The first kappa shape index (κ1) is 19.8. The quantitative estimate of drug-likeness (QED) is 0.719. The first-order valence-corrected chi connectivity index (χ1v) is 8.22. The van der Waals surface area contributed by atoms with Crippen molar-refractivity contribution in [1.29, 1.82) is 0 Å². The molecule has 0 saturated carbocycles. The van der Waals surface area contributed by atoms with E-state index in [-0.39, 0.29) is 18.3 Å². The molecule has 0 saturated heterocycles. The molecule has 0 aliphatic rings. The van der Waals surface area contributed by atoms with Gasteiger partial charge in [0.15, 0.2) is 5.76 Å². The molecule has 0 atom stereocenters. The SMILES string of the molecule is CNCCN(C)C(=O)c1cn(-c2ccccc2)nc1-c1ccc(C)o1.Cl. The number of rotatable bonds is 6. The van der Waals surface area contributed by atoms with Crippen LogP contribution in [0.5, 0.6) is 0 Å². The van der Waals surface area contributed by atoms with Crippen LogP contribution in [0.4, 0.5) is 0 Å². The van der Waals surface area contributed by atoms with Crippen molar-refractivity contribution in [3.8, 4) is 17.1 Å². The molecule has 0 radical (unpaired) electrons. The van der Waals surface area contributed by atoms with Crippen molar-refractivity contribution in [3.05, 3.63) is 60.0 Å². The van der Waals surface area contributed by atoms with E-state index in [0.29, 0.717) is 23.6 Å². The summed E-state index contributed by atoms with van der Waals surface area (Å²) >= 11 is 0. The molecule has 138 valence electrons. The third-order valence-electron chi connectivity index (χ3n) is 3.98. The second kappa shape index (κ2) is 8.69. The van der Waals surface area contributed by atoms with Crippen LogP contribution in [0.25, 0.3) is 17.1 Å². The molecule has 26 heavy (non-hydrogen) atoms. The fourth-order valence-corrected chi connectivity index (χ4v) is 2.57. The molecular formula is C19H23ClN4O2. The number of halogens is 1. The van der Waals surface area contributed by atoms with E-state index >= 15 is 0 Å². The highest BCUT2D eigenvalue weighted by Crippen LogP contribution is 2.26. The zero-order valence-corrected chi connectivity index (χ0v) is 15.9. The summed E-state index contributed by atoms with van der Waals surface area (Å²) in [7, 11) is 3.65. The van der Waals surface area contributed by atoms with E-state index in [1.807, 2.05) is 56.4 Å². The predicted molar refractivity (Wildman–Crippen MR) is 104 cm³/mol. The number of likely N-dealkylation sites (N-methyl/N-ethyl adjacent to an activating group) is 2. The largest absolute Gasteiger partial charge is 0.460 e. The monoisotopic (exact) mass is 374 g/mol. The van der Waals surface area contributed by atoms with Crippen LogP contribution >= 0.6 is 12.4 Å². The Morgan fingerprint density at radius 1 is 1.23 bits per heavy atom. The van der Waals surface area contributed by atoms with E-state index in [1.54, 1.807) is 22.8 Å². The summed E-state index contributed by atoms with van der Waals surface area (Å²) in [4.78, 5) is 14.6. The number of carbonyl (C=O) groups excluding carboxylic acids is 1. The lowest BCUT2D eigenvalue weighted by atomic mass is 10.2. The van der Waals surface area contributed by atoms with Crippen molar-refractivity contribution < 1.29 is 9.21 Å². The second-order valence-corrected chi connectivity index (χ2v) is 5.91. The number of carbonyl (C=O) groups is 1. The number of nitrogens with one attached hydrogen (secondary N) is 1. The molecule has 6 nitrogen and oxygen atoms in total. The minimum Gasteiger partial charge on any atom is -0.460 e. The molecule has 0 spiro atoms. The van der Waals surface area contributed by atoms with Crippen molar-refractivity contribution in [1.82, 2.24) is 20.0 Å². The molecule has 3 aromatic rings. The molecule has 2 heterocycles. The Hall–Kier alpha value is -2.57. The van der Waals surface area contributed by atoms with Gasteiger partial charge in [-0.05, 0) is 38.2 Å². The van der Waals surface area contributed by atoms with E-state index in [9.17, 15) is 4.79 Å². The molecule has 1 N–H and O–H groups in total. The molecule has 0 unspecified atom stereocenters. The number of para-hydroxylation sites is 1. The molecule has 7 heteroatoms. The highest BCUT2D eigenvalue weighted by molar-refractivity contribution is 5.99. The Morgan fingerprint density at radius 2 is 1.96 bits per heavy atom. The standard InChI is InChI=1S/C19H22N4O2.ClH/c1-14-9-10-17(25-14)18-16(19(24)22(3)12-11-20-2)13-23(21-18)15-7-5-4-6-8-15;/h4-10,13,20H,11-12H2,1-3H3;1H. The van der Waals surface area contributed by atoms with Crippen molar-refractivity contribution in [2.24, 2.45) is 0 Å². The molecule has 0 fully saturated rings. The second-order valence-electron chi connectivity index (χ2n) is 5.91. The van der Waals surface area contributed by atoms with Crippen molar-refractivity contribution in [3.63, 3.8) is 0 Å². The fourth-order valence-electron chi connectivity index (χ4n) is 2.57. The van der Waals surface area contributed by atoms with Gasteiger partial charge in [-0.1, -0.05) is 18.2 Å². The Kier molecular flexibility index (Phi) is 6.60. The average Bonchev–Trinajstić information content (AvgIpc) is 3.26. The number of aromatic nitrogens is 2. The van der Waals surface area contributed by atoms with Gasteiger partial charge in [0.1, 0.15) is 11.5 Å². The van der Waals surface area contributed by atoms with Gasteiger partial charge in [-0.2, -0.15) is 5.10 Å². The number of furan rings is 1. The van der Waals surface area contributed by atoms with Gasteiger partial charge in [0.2, 0.25) is 0 Å². The number of aryl methyl sites for hydroxylation is 1. The number of benzene rings is 1. The van der Waals surface area contributed by atoms with Gasteiger partial charge in [-0.3, -0.25) is 4.79 Å². The highest BCUT2D eigenvalue weighted by Gasteiger charge is 2.23. The summed E-state index contributed by atoms with van der Waals surface area (Å²) in [5.74, 6) is 1.30. The lowest BCUT2D eigenvalue weighted by molar-refractivity contribution is 0.0797. The molecule has 3 rings (SSSR count). The van der Waals surface area contributed by atoms with Crippen LogP contribution in [-0.4, -0.2) is 47.8 Å². The van der Waals surface area contributed by atoms with Crippen molar-refractivity contribution in [2.75, 3.05) is 27.2 Å². The Balaban J connectivity index is 0.00000243. The molecule has 0 aliphatic carbocycles. The van der Waals surface area contributed by atoms with Crippen LogP contribution in [0.15, 0.2) is 53.1 Å². The minimum absolute atomic E-state index is 0. The van der Waals surface area contributed by atoms with Crippen LogP contribution in [0.1, 0.15) is 16.1 Å². The first-order valence-electron chi connectivity index (χ1n) is 8.22. The summed E-state index contributed by atoms with van der Waals surface area (Å²) in [5, 5.41) is 7.66. The number of amides is 1. The minimum atomic E-state index is -0.0820. The summed E-state index contributed by atoms with van der Waals surface area (Å²) in [6.45, 7) is 3.21. The number of hydrogen-bond donors (Lipinski definition) is 1. The Morgan fingerprint density at radius 3 is 2.58 bits per heavy atom. The van der Waals surface area contributed by atoms with E-state index < -0.39 is 0 Å². The van der Waals surface area contributed by atoms with Crippen LogP contribution in [-0.2, 0) is 0 Å². The van der Waals surface area contributed by atoms with Crippen molar-refractivity contribution >= 4 is 18.3 Å². The fraction of sp³-hybridized carbons (Fsp3) is 0.263. The highest BCUT2D eigenvalue weighted by atomic mass is 35.5. The molecule has 0 aliphatic heterocycles. The third kappa shape index (κ3) is 4.15. The van der Waals surface area contributed by atoms with E-state index in [2.05, 4.69) is 10.4 Å². The maximum atomic E-state index is 12.9. The molecule has 1 amide bonds. The van der Waals surface area contributed by atoms with Crippen LogP contribution in [0.3, 0.4) is 0 Å². The van der Waals surface area contributed by atoms with Gasteiger partial charge in [-0.15, -0.1) is 12.4 Å². The lowest BCUT2D eigenvalue weighted by Gasteiger charge is -2.16. The van der Waals surface area contributed by atoms with Crippen LogP contribution < -0.4 is 5.32 Å². The topological polar surface area (TPSA) is 63.3 Å². The number of hydrogen-bond acceptors (Lipinski definition) is 4. The molecule has 0 bridgehead atoms. The zero-order valence-electron chi connectivity index (χ0n) is 15.1. The van der Waals surface area contributed by atoms with Gasteiger partial charge in [0.05, 0.1) is 11.3 Å².